The molecular weight excluding hydrogens is 261 g/mol. The number of nitro groups is 1. The molecule has 2 N–H and O–H groups in total. The zero-order valence-corrected chi connectivity index (χ0v) is 10.9. The number of halogens is 1. The molecule has 0 radical (unpaired) electrons. The lowest BCUT2D eigenvalue weighted by Gasteiger charge is -2.10. The van der Waals surface area contributed by atoms with Crippen molar-refractivity contribution in [3.63, 3.8) is 0 Å². The van der Waals surface area contributed by atoms with Crippen molar-refractivity contribution >= 4 is 22.7 Å². The Morgan fingerprint density at radius 2 is 1.80 bits per heavy atom. The third kappa shape index (κ3) is 3.03. The van der Waals surface area contributed by atoms with Crippen LogP contribution in [0.4, 0.5) is 27.1 Å². The van der Waals surface area contributed by atoms with Crippen molar-refractivity contribution in [3.05, 3.63) is 58.4 Å². The fraction of sp³-hybridized carbons (Fsp3) is 0.143. The topological polar surface area (TPSA) is 67.2 Å². The highest BCUT2D eigenvalue weighted by atomic mass is 19.1. The molecular formula is C14H14FN3O2. The van der Waals surface area contributed by atoms with E-state index in [0.717, 1.165) is 0 Å². The molecule has 0 saturated carbocycles. The van der Waals surface area contributed by atoms with Crippen LogP contribution in [-0.2, 0) is 0 Å². The lowest BCUT2D eigenvalue weighted by Crippen LogP contribution is -2.04. The number of hydrogen-bond donors (Lipinski definition) is 2. The zero-order chi connectivity index (χ0) is 14.5. The maximum absolute atomic E-state index is 12.9. The first-order valence-electron chi connectivity index (χ1n) is 6.15. The molecule has 104 valence electrons. The number of hydrogen-bond acceptors (Lipinski definition) is 4. The fourth-order valence-corrected chi connectivity index (χ4v) is 1.86. The van der Waals surface area contributed by atoms with E-state index < -0.39 is 4.92 Å². The number of para-hydroxylation sites is 1. The van der Waals surface area contributed by atoms with E-state index in [4.69, 9.17) is 0 Å². The molecule has 2 aromatic rings. The van der Waals surface area contributed by atoms with Crippen molar-refractivity contribution in [1.82, 2.24) is 0 Å². The van der Waals surface area contributed by atoms with Gasteiger partial charge >= 0.3 is 5.69 Å². The van der Waals surface area contributed by atoms with Crippen LogP contribution in [0.15, 0.2) is 42.5 Å². The van der Waals surface area contributed by atoms with Crippen LogP contribution in [0.1, 0.15) is 6.92 Å². The second kappa shape index (κ2) is 6.01. The molecule has 2 rings (SSSR count). The van der Waals surface area contributed by atoms with Gasteiger partial charge in [0.25, 0.3) is 0 Å². The largest absolute Gasteiger partial charge is 0.380 e. The predicted molar refractivity (Wildman–Crippen MR) is 76.9 cm³/mol. The summed E-state index contributed by atoms with van der Waals surface area (Å²) >= 11 is 0. The Morgan fingerprint density at radius 3 is 2.40 bits per heavy atom. The van der Waals surface area contributed by atoms with Gasteiger partial charge in [-0.05, 0) is 43.3 Å². The number of benzene rings is 2. The molecule has 0 aromatic heterocycles. The van der Waals surface area contributed by atoms with E-state index in [0.29, 0.717) is 23.6 Å². The van der Waals surface area contributed by atoms with E-state index >= 15 is 0 Å². The van der Waals surface area contributed by atoms with Crippen LogP contribution in [-0.4, -0.2) is 11.5 Å². The van der Waals surface area contributed by atoms with Gasteiger partial charge in [0, 0.05) is 12.2 Å². The average molecular weight is 275 g/mol. The molecule has 5 nitrogen and oxygen atoms in total. The Bertz CT molecular complexity index is 614. The smallest absolute Gasteiger partial charge is 0.315 e. The van der Waals surface area contributed by atoms with E-state index in [2.05, 4.69) is 10.6 Å². The summed E-state index contributed by atoms with van der Waals surface area (Å²) in [5.74, 6) is -0.355. The monoisotopic (exact) mass is 275 g/mol. The van der Waals surface area contributed by atoms with Crippen LogP contribution in [0.5, 0.6) is 0 Å². The van der Waals surface area contributed by atoms with Gasteiger partial charge in [0.15, 0.2) is 0 Å². The van der Waals surface area contributed by atoms with E-state index in [-0.39, 0.29) is 11.5 Å². The number of rotatable bonds is 5. The highest BCUT2D eigenvalue weighted by Gasteiger charge is 2.19. The number of anilines is 3. The van der Waals surface area contributed by atoms with Gasteiger partial charge in [-0.1, -0.05) is 6.07 Å². The summed E-state index contributed by atoms with van der Waals surface area (Å²) in [6.07, 6.45) is 0. The van der Waals surface area contributed by atoms with Gasteiger partial charge in [-0.2, -0.15) is 0 Å². The average Bonchev–Trinajstić information content (AvgIpc) is 2.41. The van der Waals surface area contributed by atoms with Gasteiger partial charge < -0.3 is 10.6 Å². The second-order valence-electron chi connectivity index (χ2n) is 4.12. The molecule has 6 heteroatoms. The third-order valence-corrected chi connectivity index (χ3v) is 2.71. The minimum atomic E-state index is -0.441. The first-order chi connectivity index (χ1) is 9.61. The molecule has 2 aromatic carbocycles. The van der Waals surface area contributed by atoms with Crippen LogP contribution in [0.2, 0.25) is 0 Å². The van der Waals surface area contributed by atoms with Gasteiger partial charge in [-0.15, -0.1) is 0 Å². The highest BCUT2D eigenvalue weighted by Crippen LogP contribution is 2.34. The van der Waals surface area contributed by atoms with Crippen molar-refractivity contribution in [2.45, 2.75) is 6.92 Å². The number of nitro benzene ring substituents is 1. The van der Waals surface area contributed by atoms with Gasteiger partial charge in [-0.25, -0.2) is 4.39 Å². The molecule has 0 bridgehead atoms. The summed E-state index contributed by atoms with van der Waals surface area (Å²) in [6.45, 7) is 2.45. The molecule has 0 atom stereocenters. The summed E-state index contributed by atoms with van der Waals surface area (Å²) in [7, 11) is 0. The quantitative estimate of drug-likeness (QED) is 0.641. The minimum Gasteiger partial charge on any atom is -0.380 e. The van der Waals surface area contributed by atoms with Crippen LogP contribution in [0.3, 0.4) is 0 Å². The number of nitrogens with one attached hydrogen (secondary N) is 2. The molecule has 0 fully saturated rings. The maximum atomic E-state index is 12.9. The van der Waals surface area contributed by atoms with Crippen molar-refractivity contribution in [2.24, 2.45) is 0 Å². The van der Waals surface area contributed by atoms with Crippen molar-refractivity contribution in [3.8, 4) is 0 Å². The van der Waals surface area contributed by atoms with Crippen LogP contribution in [0.25, 0.3) is 0 Å². The minimum absolute atomic E-state index is 0.0290. The Kier molecular flexibility index (Phi) is 4.14. The second-order valence-corrected chi connectivity index (χ2v) is 4.12. The maximum Gasteiger partial charge on any atom is 0.315 e. The molecule has 0 amide bonds. The van der Waals surface area contributed by atoms with Crippen LogP contribution < -0.4 is 10.6 Å². The lowest BCUT2D eigenvalue weighted by atomic mass is 10.2. The number of nitrogens with zero attached hydrogens (tertiary/aromatic N) is 1. The Morgan fingerprint density at radius 1 is 1.15 bits per heavy atom. The van der Waals surface area contributed by atoms with Gasteiger partial charge in [-0.3, -0.25) is 10.1 Å². The molecule has 0 unspecified atom stereocenters. The van der Waals surface area contributed by atoms with E-state index in [1.807, 2.05) is 6.92 Å². The summed E-state index contributed by atoms with van der Waals surface area (Å²) in [6, 6.07) is 10.6. The van der Waals surface area contributed by atoms with Crippen molar-refractivity contribution in [1.29, 1.82) is 0 Å². The molecule has 0 aliphatic rings. The molecule has 0 aliphatic heterocycles. The first kappa shape index (κ1) is 13.8. The fourth-order valence-electron chi connectivity index (χ4n) is 1.86. The van der Waals surface area contributed by atoms with E-state index in [1.165, 1.54) is 24.3 Å². The molecule has 20 heavy (non-hydrogen) atoms. The Balaban J connectivity index is 2.37. The molecule has 0 saturated heterocycles. The van der Waals surface area contributed by atoms with Crippen molar-refractivity contribution in [2.75, 3.05) is 17.2 Å². The molecule has 0 aliphatic carbocycles. The Hall–Kier alpha value is -2.63. The van der Waals surface area contributed by atoms with E-state index in [1.54, 1.807) is 18.2 Å². The summed E-state index contributed by atoms with van der Waals surface area (Å²) in [5.41, 5.74) is 1.37. The Labute approximate surface area is 115 Å². The van der Waals surface area contributed by atoms with Gasteiger partial charge in [0.05, 0.1) is 4.92 Å². The van der Waals surface area contributed by atoms with Gasteiger partial charge in [0.1, 0.15) is 17.2 Å². The van der Waals surface area contributed by atoms with Gasteiger partial charge in [0.2, 0.25) is 0 Å². The highest BCUT2D eigenvalue weighted by molar-refractivity contribution is 5.79. The summed E-state index contributed by atoms with van der Waals surface area (Å²) < 4.78 is 12.9. The lowest BCUT2D eigenvalue weighted by molar-refractivity contribution is -0.383. The van der Waals surface area contributed by atoms with Crippen LogP contribution >= 0.6 is 0 Å². The molecule has 0 spiro atoms. The zero-order valence-electron chi connectivity index (χ0n) is 10.9. The van der Waals surface area contributed by atoms with E-state index in [9.17, 15) is 14.5 Å². The molecule has 0 heterocycles. The summed E-state index contributed by atoms with van der Waals surface area (Å²) in [5, 5.41) is 17.1. The van der Waals surface area contributed by atoms with Crippen LogP contribution in [0, 0.1) is 15.9 Å². The predicted octanol–water partition coefficient (Wildman–Crippen LogP) is 3.91. The standard InChI is InChI=1S/C14H14FN3O2/c1-2-16-12-4-3-5-13(14(12)18(19)20)17-11-8-6-10(15)7-9-11/h3-9,16-17H,2H2,1H3. The van der Waals surface area contributed by atoms with Crippen molar-refractivity contribution < 1.29 is 9.31 Å². The first-order valence-corrected chi connectivity index (χ1v) is 6.15. The summed E-state index contributed by atoms with van der Waals surface area (Å²) in [4.78, 5) is 10.8. The SMILES string of the molecule is CCNc1cccc(Nc2ccc(F)cc2)c1[N+](=O)[O-]. The normalized spacial score (nSPS) is 10.1. The third-order valence-electron chi connectivity index (χ3n) is 2.71.